The largest absolute Gasteiger partial charge is 0.357 e. The van der Waals surface area contributed by atoms with Gasteiger partial charge >= 0.3 is 0 Å². The van der Waals surface area contributed by atoms with E-state index >= 15 is 0 Å². The highest BCUT2D eigenvalue weighted by Gasteiger charge is 2.50. The van der Waals surface area contributed by atoms with Gasteiger partial charge in [-0.2, -0.15) is 0 Å². The molecule has 2 bridgehead atoms. The maximum absolute atomic E-state index is 3.77. The second kappa shape index (κ2) is 3.41. The van der Waals surface area contributed by atoms with Crippen molar-refractivity contribution in [3.05, 3.63) is 35.5 Å². The molecule has 0 aliphatic carbocycles. The van der Waals surface area contributed by atoms with Crippen LogP contribution in [0.3, 0.4) is 0 Å². The molecule has 3 fully saturated rings. The molecule has 1 N–H and O–H groups in total. The van der Waals surface area contributed by atoms with Crippen LogP contribution in [0.2, 0.25) is 0 Å². The zero-order chi connectivity index (χ0) is 12.4. The molecule has 4 aliphatic heterocycles. The number of nitrogens with one attached hydrogen (secondary N) is 1. The maximum atomic E-state index is 3.77. The van der Waals surface area contributed by atoms with E-state index in [0.717, 1.165) is 0 Å². The van der Waals surface area contributed by atoms with Crippen LogP contribution >= 0.6 is 0 Å². The molecule has 3 saturated heterocycles. The van der Waals surface area contributed by atoms with Crippen LogP contribution in [0.4, 0.5) is 0 Å². The van der Waals surface area contributed by atoms with E-state index in [2.05, 4.69) is 39.0 Å². The van der Waals surface area contributed by atoms with Crippen LogP contribution in [-0.2, 0) is 12.0 Å². The molecule has 0 radical (unpaired) electrons. The van der Waals surface area contributed by atoms with Gasteiger partial charge in [0.1, 0.15) is 0 Å². The smallest absolute Gasteiger partial charge is 0.0649 e. The minimum Gasteiger partial charge on any atom is -0.357 e. The number of nitrogens with zero attached hydrogens (tertiary/aromatic N) is 2. The Hall–Kier alpha value is -1.32. The first-order valence-corrected chi connectivity index (χ1v) is 7.44. The van der Waals surface area contributed by atoms with Gasteiger partial charge < -0.3 is 4.98 Å². The van der Waals surface area contributed by atoms with E-state index in [1.54, 1.807) is 11.3 Å². The third-order valence-corrected chi connectivity index (χ3v) is 5.57. The summed E-state index contributed by atoms with van der Waals surface area (Å²) in [5.74, 6) is 0. The Kier molecular flexibility index (Phi) is 1.88. The minimum absolute atomic E-state index is 0.321. The zero-order valence-electron chi connectivity index (χ0n) is 11.2. The highest BCUT2D eigenvalue weighted by molar-refractivity contribution is 5.85. The maximum Gasteiger partial charge on any atom is 0.0649 e. The SMILES string of the molecule is c1ccc2c3c([nH]c2c1)C12CCN(CC1)CN2CC3. The van der Waals surface area contributed by atoms with Gasteiger partial charge in [-0.25, -0.2) is 0 Å². The van der Waals surface area contributed by atoms with Crippen LogP contribution in [0.1, 0.15) is 24.1 Å². The second-order valence-electron chi connectivity index (χ2n) is 6.33. The summed E-state index contributed by atoms with van der Waals surface area (Å²) in [6.45, 7) is 4.94. The molecule has 2 aromatic rings. The van der Waals surface area contributed by atoms with Gasteiger partial charge in [-0.05, 0) is 30.9 Å². The number of para-hydroxylation sites is 1. The highest BCUT2D eigenvalue weighted by Crippen LogP contribution is 2.47. The molecule has 0 atom stereocenters. The van der Waals surface area contributed by atoms with E-state index in [-0.39, 0.29) is 0 Å². The summed E-state index contributed by atoms with van der Waals surface area (Å²) in [7, 11) is 0. The Morgan fingerprint density at radius 2 is 1.89 bits per heavy atom. The lowest BCUT2D eigenvalue weighted by Gasteiger charge is -2.57. The average Bonchev–Trinajstić information content (AvgIpc) is 2.87. The van der Waals surface area contributed by atoms with Crippen molar-refractivity contribution in [3.63, 3.8) is 0 Å². The van der Waals surface area contributed by atoms with Crippen LogP contribution in [-0.4, -0.2) is 41.1 Å². The Morgan fingerprint density at radius 3 is 2.79 bits per heavy atom. The standard InChI is InChI=1S/C16H19N3/c1-2-4-14-12(3-1)13-5-8-19-11-18-9-6-16(19,7-10-18)15(13)17-14/h1-4,17H,5-11H2. The van der Waals surface area contributed by atoms with E-state index in [9.17, 15) is 0 Å². The van der Waals surface area contributed by atoms with Crippen molar-refractivity contribution < 1.29 is 0 Å². The Balaban J connectivity index is 1.78. The predicted octanol–water partition coefficient (Wildman–Crippen LogP) is 2.29. The number of hydrogen-bond donors (Lipinski definition) is 1. The predicted molar refractivity (Wildman–Crippen MR) is 76.1 cm³/mol. The van der Waals surface area contributed by atoms with Crippen LogP contribution < -0.4 is 0 Å². The first-order chi connectivity index (χ1) is 9.37. The fraction of sp³-hybridized carbons (Fsp3) is 0.500. The van der Waals surface area contributed by atoms with Crippen LogP contribution in [0.25, 0.3) is 10.9 Å². The lowest BCUT2D eigenvalue weighted by atomic mass is 9.76. The average molecular weight is 253 g/mol. The first-order valence-electron chi connectivity index (χ1n) is 7.44. The third kappa shape index (κ3) is 1.20. The summed E-state index contributed by atoms with van der Waals surface area (Å²) in [6, 6.07) is 8.83. The molecule has 5 heterocycles. The van der Waals surface area contributed by atoms with Crippen LogP contribution in [0.15, 0.2) is 24.3 Å². The number of aromatic amines is 1. The van der Waals surface area contributed by atoms with Crippen molar-refractivity contribution in [1.82, 2.24) is 14.8 Å². The molecule has 4 aliphatic rings. The van der Waals surface area contributed by atoms with Gasteiger partial charge in [0.05, 0.1) is 12.2 Å². The topological polar surface area (TPSA) is 22.3 Å². The van der Waals surface area contributed by atoms with Gasteiger partial charge in [0, 0.05) is 36.2 Å². The van der Waals surface area contributed by atoms with Gasteiger partial charge in [0.25, 0.3) is 0 Å². The molecular formula is C16H19N3. The minimum atomic E-state index is 0.321. The highest BCUT2D eigenvalue weighted by atomic mass is 15.4. The quantitative estimate of drug-likeness (QED) is 0.778. The molecule has 6 rings (SSSR count). The number of rotatable bonds is 0. The molecule has 19 heavy (non-hydrogen) atoms. The summed E-state index contributed by atoms with van der Waals surface area (Å²) < 4.78 is 0. The summed E-state index contributed by atoms with van der Waals surface area (Å²) in [4.78, 5) is 9.10. The first kappa shape index (κ1) is 10.5. The van der Waals surface area contributed by atoms with Crippen molar-refractivity contribution >= 4 is 10.9 Å². The summed E-state index contributed by atoms with van der Waals surface area (Å²) in [5.41, 5.74) is 4.79. The van der Waals surface area contributed by atoms with Crippen molar-refractivity contribution in [1.29, 1.82) is 0 Å². The van der Waals surface area contributed by atoms with Crippen molar-refractivity contribution in [2.45, 2.75) is 24.8 Å². The monoisotopic (exact) mass is 253 g/mol. The van der Waals surface area contributed by atoms with E-state index in [0.29, 0.717) is 5.54 Å². The Bertz CT molecular complexity index is 649. The summed E-state index contributed by atoms with van der Waals surface area (Å²) in [5, 5.41) is 1.46. The molecule has 1 spiro atoms. The van der Waals surface area contributed by atoms with Crippen LogP contribution in [0, 0.1) is 0 Å². The number of piperidine rings is 1. The van der Waals surface area contributed by atoms with Gasteiger partial charge in [-0.1, -0.05) is 18.2 Å². The van der Waals surface area contributed by atoms with Crippen molar-refractivity contribution in [2.75, 3.05) is 26.3 Å². The molecule has 0 amide bonds. The number of aromatic nitrogens is 1. The van der Waals surface area contributed by atoms with Gasteiger partial charge in [-0.15, -0.1) is 0 Å². The molecule has 3 heteroatoms. The normalized spacial score (nSPS) is 33.4. The number of hydrogen-bond acceptors (Lipinski definition) is 2. The van der Waals surface area contributed by atoms with Crippen molar-refractivity contribution in [3.8, 4) is 0 Å². The third-order valence-electron chi connectivity index (χ3n) is 5.57. The Labute approximate surface area is 113 Å². The lowest BCUT2D eigenvalue weighted by Crippen LogP contribution is -2.65. The number of fused-ring (bicyclic) bond motifs is 5. The van der Waals surface area contributed by atoms with Crippen LogP contribution in [0.5, 0.6) is 0 Å². The fourth-order valence-corrected chi connectivity index (χ4v) is 4.55. The molecule has 1 aromatic carbocycles. The van der Waals surface area contributed by atoms with Gasteiger partial charge in [0.2, 0.25) is 0 Å². The zero-order valence-corrected chi connectivity index (χ0v) is 11.2. The second-order valence-corrected chi connectivity index (χ2v) is 6.33. The molecule has 0 saturated carbocycles. The molecule has 0 unspecified atom stereocenters. The number of benzene rings is 1. The van der Waals surface area contributed by atoms with Gasteiger partial charge in [-0.3, -0.25) is 9.80 Å². The molecular weight excluding hydrogens is 234 g/mol. The molecule has 98 valence electrons. The van der Waals surface area contributed by atoms with E-state index in [4.69, 9.17) is 0 Å². The Morgan fingerprint density at radius 1 is 1.05 bits per heavy atom. The van der Waals surface area contributed by atoms with Gasteiger partial charge in [0.15, 0.2) is 0 Å². The van der Waals surface area contributed by atoms with E-state index in [1.165, 1.54) is 56.5 Å². The number of H-pyrrole nitrogens is 1. The van der Waals surface area contributed by atoms with E-state index in [1.807, 2.05) is 0 Å². The molecule has 3 nitrogen and oxygen atoms in total. The lowest BCUT2D eigenvalue weighted by molar-refractivity contribution is -0.0931. The fourth-order valence-electron chi connectivity index (χ4n) is 4.55. The molecule has 1 aromatic heterocycles. The summed E-state index contributed by atoms with van der Waals surface area (Å²) >= 11 is 0. The summed E-state index contributed by atoms with van der Waals surface area (Å²) in [6.07, 6.45) is 3.80. The van der Waals surface area contributed by atoms with Crippen molar-refractivity contribution in [2.24, 2.45) is 0 Å². The van der Waals surface area contributed by atoms with E-state index < -0.39 is 0 Å².